The molecule has 0 spiro atoms. The number of hydrogen-bond acceptors (Lipinski definition) is 3. The monoisotopic (exact) mass is 491 g/mol. The second-order valence-electron chi connectivity index (χ2n) is 10.9. The molecule has 37 heavy (non-hydrogen) atoms. The third-order valence-electron chi connectivity index (χ3n) is 8.55. The van der Waals surface area contributed by atoms with Gasteiger partial charge in [0.05, 0.1) is 17.4 Å². The molecule has 0 saturated carbocycles. The summed E-state index contributed by atoms with van der Waals surface area (Å²) in [6.45, 7) is 7.62. The molecule has 4 nitrogen and oxygen atoms in total. The van der Waals surface area contributed by atoms with Gasteiger partial charge in [-0.1, -0.05) is 90.0 Å². The molecule has 2 aliphatic heterocycles. The Morgan fingerprint density at radius 2 is 1.32 bits per heavy atom. The smallest absolute Gasteiger partial charge is 0.234 e. The summed E-state index contributed by atoms with van der Waals surface area (Å²) < 4.78 is 0. The number of carbonyl (C=O) groups excluding carboxylic acids is 1. The lowest BCUT2D eigenvalue weighted by Gasteiger charge is -2.44. The summed E-state index contributed by atoms with van der Waals surface area (Å²) in [5, 5.41) is 10.0. The first-order chi connectivity index (χ1) is 18.0. The first kappa shape index (κ1) is 25.2. The second-order valence-corrected chi connectivity index (χ2v) is 10.9. The molecule has 3 aromatic rings. The molecule has 4 heteroatoms. The predicted molar refractivity (Wildman–Crippen MR) is 148 cm³/mol. The molecular weight excluding hydrogens is 454 g/mol. The molecule has 1 amide bonds. The van der Waals surface area contributed by atoms with Crippen molar-refractivity contribution in [3.63, 3.8) is 0 Å². The molecule has 0 bridgehead atoms. The van der Waals surface area contributed by atoms with Crippen LogP contribution < -0.4 is 0 Å². The standard InChI is InChI=1S/C33H37N3O/c1-25-8-12-27(13-9-25)31(28-14-10-26(2)11-15-28)32(37)36-20-16-30(17-21-36)35-22-18-33(24-34,19-23-35)29-6-4-3-5-7-29/h3-15,30-31H,16-23H2,1-2H3. The fourth-order valence-electron chi connectivity index (χ4n) is 6.12. The Balaban J connectivity index is 1.24. The highest BCUT2D eigenvalue weighted by atomic mass is 16.2. The van der Waals surface area contributed by atoms with Crippen LogP contribution in [0.2, 0.25) is 0 Å². The summed E-state index contributed by atoms with van der Waals surface area (Å²) in [5.74, 6) is -0.0628. The molecule has 0 N–H and O–H groups in total. The van der Waals surface area contributed by atoms with Gasteiger partial charge in [0.2, 0.25) is 5.91 Å². The van der Waals surface area contributed by atoms with Gasteiger partial charge in [-0.3, -0.25) is 4.79 Å². The van der Waals surface area contributed by atoms with Gasteiger partial charge in [-0.25, -0.2) is 0 Å². The van der Waals surface area contributed by atoms with Crippen molar-refractivity contribution in [2.75, 3.05) is 26.2 Å². The van der Waals surface area contributed by atoms with E-state index < -0.39 is 0 Å². The van der Waals surface area contributed by atoms with E-state index in [4.69, 9.17) is 0 Å². The Kier molecular flexibility index (Phi) is 7.44. The van der Waals surface area contributed by atoms with Crippen molar-refractivity contribution in [3.8, 4) is 6.07 Å². The van der Waals surface area contributed by atoms with Crippen molar-refractivity contribution in [1.29, 1.82) is 5.26 Å². The first-order valence-corrected chi connectivity index (χ1v) is 13.6. The van der Waals surface area contributed by atoms with Gasteiger partial charge in [0.25, 0.3) is 0 Å². The zero-order valence-corrected chi connectivity index (χ0v) is 22.1. The lowest BCUT2D eigenvalue weighted by molar-refractivity contribution is -0.133. The van der Waals surface area contributed by atoms with Crippen molar-refractivity contribution in [2.24, 2.45) is 0 Å². The Hall–Kier alpha value is -3.42. The molecule has 190 valence electrons. The summed E-state index contributed by atoms with van der Waals surface area (Å²) in [4.78, 5) is 18.6. The summed E-state index contributed by atoms with van der Waals surface area (Å²) in [5.41, 5.74) is 5.31. The van der Waals surface area contributed by atoms with Crippen LogP contribution in [0.25, 0.3) is 0 Å². The van der Waals surface area contributed by atoms with Gasteiger partial charge in [-0.2, -0.15) is 5.26 Å². The van der Waals surface area contributed by atoms with Gasteiger partial charge < -0.3 is 9.80 Å². The summed E-state index contributed by atoms with van der Waals surface area (Å²) in [7, 11) is 0. The molecule has 5 rings (SSSR count). The van der Waals surface area contributed by atoms with E-state index in [-0.39, 0.29) is 17.2 Å². The zero-order valence-electron chi connectivity index (χ0n) is 22.1. The number of nitrogens with zero attached hydrogens (tertiary/aromatic N) is 3. The molecule has 3 aromatic carbocycles. The Labute approximate surface area is 221 Å². The molecule has 2 heterocycles. The minimum Gasteiger partial charge on any atom is -0.342 e. The minimum absolute atomic E-state index is 0.206. The van der Waals surface area contributed by atoms with E-state index in [1.807, 2.05) is 18.2 Å². The van der Waals surface area contributed by atoms with Crippen molar-refractivity contribution in [2.45, 2.75) is 56.9 Å². The molecule has 2 fully saturated rings. The maximum absolute atomic E-state index is 13.9. The predicted octanol–water partition coefficient (Wildman–Crippen LogP) is 5.98. The number of carbonyl (C=O) groups is 1. The molecule has 2 aliphatic rings. The fourth-order valence-corrected chi connectivity index (χ4v) is 6.12. The van der Waals surface area contributed by atoms with Crippen LogP contribution in [0.15, 0.2) is 78.9 Å². The average molecular weight is 492 g/mol. The first-order valence-electron chi connectivity index (χ1n) is 13.6. The van der Waals surface area contributed by atoms with Gasteiger partial charge in [0, 0.05) is 32.2 Å². The largest absolute Gasteiger partial charge is 0.342 e. The Morgan fingerprint density at radius 3 is 1.81 bits per heavy atom. The van der Waals surface area contributed by atoms with E-state index in [0.29, 0.717) is 6.04 Å². The van der Waals surface area contributed by atoms with Gasteiger partial charge in [-0.05, 0) is 56.2 Å². The Morgan fingerprint density at radius 1 is 0.811 bits per heavy atom. The third kappa shape index (κ3) is 5.33. The van der Waals surface area contributed by atoms with Gasteiger partial charge >= 0.3 is 0 Å². The zero-order chi connectivity index (χ0) is 25.8. The minimum atomic E-state index is -0.371. The van der Waals surface area contributed by atoms with Gasteiger partial charge in [0.15, 0.2) is 0 Å². The summed E-state index contributed by atoms with van der Waals surface area (Å²) in [6, 6.07) is 30.2. The fraction of sp³-hybridized carbons (Fsp3) is 0.394. The quantitative estimate of drug-likeness (QED) is 0.441. The van der Waals surface area contributed by atoms with Crippen molar-refractivity contribution in [3.05, 3.63) is 107 Å². The number of benzene rings is 3. The second kappa shape index (κ2) is 10.9. The van der Waals surface area contributed by atoms with Gasteiger partial charge in [-0.15, -0.1) is 0 Å². The number of hydrogen-bond donors (Lipinski definition) is 0. The third-order valence-corrected chi connectivity index (χ3v) is 8.55. The molecular formula is C33H37N3O. The molecule has 0 aromatic heterocycles. The van der Waals surface area contributed by atoms with Gasteiger partial charge in [0.1, 0.15) is 0 Å². The number of amides is 1. The topological polar surface area (TPSA) is 47.3 Å². The van der Waals surface area contributed by atoms with E-state index in [1.54, 1.807) is 0 Å². The highest BCUT2D eigenvalue weighted by Gasteiger charge is 2.39. The number of likely N-dealkylation sites (tertiary alicyclic amines) is 2. The molecule has 0 radical (unpaired) electrons. The number of piperidine rings is 2. The van der Waals surface area contributed by atoms with Crippen molar-refractivity contribution < 1.29 is 4.79 Å². The van der Waals surface area contributed by atoms with E-state index in [9.17, 15) is 10.1 Å². The normalized spacial score (nSPS) is 18.5. The van der Waals surface area contributed by atoms with Crippen molar-refractivity contribution >= 4 is 5.91 Å². The molecule has 0 atom stereocenters. The summed E-state index contributed by atoms with van der Waals surface area (Å²) >= 11 is 0. The summed E-state index contributed by atoms with van der Waals surface area (Å²) in [6.07, 6.45) is 3.72. The highest BCUT2D eigenvalue weighted by Crippen LogP contribution is 2.37. The van der Waals surface area contributed by atoms with Crippen LogP contribution >= 0.6 is 0 Å². The van der Waals surface area contributed by atoms with Crippen LogP contribution in [0.4, 0.5) is 0 Å². The van der Waals surface area contributed by atoms with Crippen LogP contribution in [0.1, 0.15) is 59.4 Å². The number of nitriles is 1. The van der Waals surface area contributed by atoms with Crippen LogP contribution in [0.5, 0.6) is 0 Å². The maximum Gasteiger partial charge on any atom is 0.234 e. The number of aryl methyl sites for hydroxylation is 2. The van der Waals surface area contributed by atoms with Crippen LogP contribution in [-0.2, 0) is 10.2 Å². The Bertz CT molecular complexity index is 1180. The van der Waals surface area contributed by atoms with E-state index in [1.165, 1.54) is 11.1 Å². The lowest BCUT2D eigenvalue weighted by atomic mass is 9.73. The van der Waals surface area contributed by atoms with Crippen LogP contribution in [0.3, 0.4) is 0 Å². The van der Waals surface area contributed by atoms with E-state index in [2.05, 4.69) is 90.4 Å². The van der Waals surface area contributed by atoms with Crippen molar-refractivity contribution in [1.82, 2.24) is 9.80 Å². The molecule has 2 saturated heterocycles. The van der Waals surface area contributed by atoms with Crippen LogP contribution in [-0.4, -0.2) is 47.9 Å². The SMILES string of the molecule is Cc1ccc(C(C(=O)N2CCC(N3CCC(C#N)(c4ccccc4)CC3)CC2)c2ccc(C)cc2)cc1. The lowest BCUT2D eigenvalue weighted by Crippen LogP contribution is -2.51. The molecule has 0 aliphatic carbocycles. The van der Waals surface area contributed by atoms with E-state index in [0.717, 1.165) is 68.6 Å². The van der Waals surface area contributed by atoms with Crippen LogP contribution in [0, 0.1) is 25.2 Å². The van der Waals surface area contributed by atoms with E-state index >= 15 is 0 Å². The average Bonchev–Trinajstić information content (AvgIpc) is 2.96. The molecule has 0 unspecified atom stereocenters. The maximum atomic E-state index is 13.9. The number of rotatable bonds is 5. The highest BCUT2D eigenvalue weighted by molar-refractivity contribution is 5.87.